The Morgan fingerprint density at radius 3 is 2.34 bits per heavy atom. The molecule has 4 aromatic rings. The number of hydrogen-bond acceptors (Lipinski definition) is 10. The lowest BCUT2D eigenvalue weighted by Gasteiger charge is -2.35. The second-order valence-corrected chi connectivity index (χ2v) is 14.0. The van der Waals surface area contributed by atoms with Gasteiger partial charge in [0.25, 0.3) is 0 Å². The topological polar surface area (TPSA) is 163 Å². The van der Waals surface area contributed by atoms with Crippen LogP contribution >= 0.6 is 0 Å². The number of fused-ring (bicyclic) bond motifs is 1. The molecule has 1 aromatic heterocycles. The lowest BCUT2D eigenvalue weighted by molar-refractivity contribution is -0.171. The first-order chi connectivity index (χ1) is 27.0. The Hall–Kier alpha value is -5.03. The molecule has 0 spiro atoms. The van der Waals surface area contributed by atoms with Gasteiger partial charge in [0.15, 0.2) is 0 Å². The number of nitrogens with zero attached hydrogens (tertiary/aromatic N) is 3. The quantitative estimate of drug-likeness (QED) is 0.0464. The van der Waals surface area contributed by atoms with E-state index in [0.29, 0.717) is 69.0 Å². The van der Waals surface area contributed by atoms with Crippen LogP contribution in [0.15, 0.2) is 89.6 Å². The number of carboxylic acids is 1. The molecule has 0 saturated carbocycles. The molecule has 5 rings (SSSR count). The van der Waals surface area contributed by atoms with Crippen LogP contribution in [0.1, 0.15) is 55.1 Å². The van der Waals surface area contributed by atoms with Crippen molar-refractivity contribution in [3.63, 3.8) is 0 Å². The number of anilines is 2. The fourth-order valence-electron chi connectivity index (χ4n) is 6.51. The highest BCUT2D eigenvalue weighted by Crippen LogP contribution is 2.27. The number of amides is 1. The maximum absolute atomic E-state index is 15.7. The van der Waals surface area contributed by atoms with Gasteiger partial charge in [-0.05, 0) is 67.2 Å². The van der Waals surface area contributed by atoms with E-state index in [9.17, 15) is 19.5 Å². The standard InChI is InChI=1S/C41H51F2N7O6/c1-4-48-24-33(41(53)54)39(51)32-22-34(42)37(23-36(32)48)49-17-19-50(20-18-49)56-26-29-12-14-31(15-13-29)46-40(52)30(11-8-16-45-44)21-35(43)38(27(2)3)47-55-25-28-9-6-5-7-10-28/h5-7,9-10,12-15,21-24,27,30,38,45,47H,4,8,11,16-20,25-26,44H2,1-3H3,(H,46,52)(H,53,54)/b35-21-/t30-,38+/m1/s1. The first-order valence-electron chi connectivity index (χ1n) is 18.8. The SMILES string of the molecule is CCn1cc(C(=O)O)c(=O)c2cc(F)c(N3CCN(OCc4ccc(NC(=O)[C@@H](/C=C(\F)[C@@H](NOCc5ccccc5)C(C)C)CCCNN)cc4)CC3)cc21. The highest BCUT2D eigenvalue weighted by atomic mass is 19.1. The molecule has 300 valence electrons. The summed E-state index contributed by atoms with van der Waals surface area (Å²) in [4.78, 5) is 51.3. The minimum atomic E-state index is -1.35. The molecule has 0 aliphatic carbocycles. The van der Waals surface area contributed by atoms with Gasteiger partial charge in [0.1, 0.15) is 17.2 Å². The molecule has 15 heteroatoms. The van der Waals surface area contributed by atoms with E-state index in [0.717, 1.165) is 17.2 Å². The number of hydrogen-bond donors (Lipinski definition) is 5. The highest BCUT2D eigenvalue weighted by molar-refractivity contribution is 5.94. The van der Waals surface area contributed by atoms with Gasteiger partial charge in [0.05, 0.1) is 36.4 Å². The zero-order chi connectivity index (χ0) is 40.2. The van der Waals surface area contributed by atoms with Crippen molar-refractivity contribution >= 4 is 34.2 Å². The van der Waals surface area contributed by atoms with Crippen LogP contribution in [0.2, 0.25) is 0 Å². The largest absolute Gasteiger partial charge is 0.477 e. The summed E-state index contributed by atoms with van der Waals surface area (Å²) in [6.45, 7) is 8.88. The molecule has 3 aromatic carbocycles. The van der Waals surface area contributed by atoms with Crippen LogP contribution in [-0.2, 0) is 34.2 Å². The number of benzene rings is 3. The summed E-state index contributed by atoms with van der Waals surface area (Å²) in [6.07, 6.45) is 3.58. The van der Waals surface area contributed by atoms with Crippen LogP contribution in [0.25, 0.3) is 10.9 Å². The first-order valence-corrected chi connectivity index (χ1v) is 18.8. The maximum atomic E-state index is 15.7. The Labute approximate surface area is 324 Å². The molecule has 0 radical (unpaired) electrons. The third kappa shape index (κ3) is 11.1. The average molecular weight is 776 g/mol. The number of halogens is 2. The third-order valence-electron chi connectivity index (χ3n) is 9.72. The molecule has 1 saturated heterocycles. The van der Waals surface area contributed by atoms with Crippen LogP contribution in [0.3, 0.4) is 0 Å². The summed E-state index contributed by atoms with van der Waals surface area (Å²) in [6, 6.07) is 18.7. The summed E-state index contributed by atoms with van der Waals surface area (Å²) in [5.41, 5.74) is 7.47. The Morgan fingerprint density at radius 1 is 1.00 bits per heavy atom. The molecule has 56 heavy (non-hydrogen) atoms. The summed E-state index contributed by atoms with van der Waals surface area (Å²) in [7, 11) is 0. The molecule has 2 heterocycles. The predicted molar refractivity (Wildman–Crippen MR) is 212 cm³/mol. The van der Waals surface area contributed by atoms with Gasteiger partial charge in [-0.1, -0.05) is 56.3 Å². The second kappa shape index (κ2) is 20.2. The van der Waals surface area contributed by atoms with Crippen LogP contribution < -0.4 is 32.4 Å². The number of carbonyl (C=O) groups excluding carboxylic acids is 1. The molecule has 13 nitrogen and oxygen atoms in total. The minimum Gasteiger partial charge on any atom is -0.477 e. The highest BCUT2D eigenvalue weighted by Gasteiger charge is 2.25. The summed E-state index contributed by atoms with van der Waals surface area (Å²) < 4.78 is 32.6. The summed E-state index contributed by atoms with van der Waals surface area (Å²) >= 11 is 0. The van der Waals surface area contributed by atoms with Crippen molar-refractivity contribution in [1.82, 2.24) is 20.5 Å². The number of carbonyl (C=O) groups is 2. The van der Waals surface area contributed by atoms with Gasteiger partial charge in [0, 0.05) is 56.5 Å². The molecule has 1 fully saturated rings. The molecule has 1 aliphatic heterocycles. The van der Waals surface area contributed by atoms with Crippen LogP contribution in [0.5, 0.6) is 0 Å². The van der Waals surface area contributed by atoms with E-state index in [1.54, 1.807) is 27.8 Å². The van der Waals surface area contributed by atoms with Crippen molar-refractivity contribution in [3.8, 4) is 0 Å². The molecule has 1 amide bonds. The van der Waals surface area contributed by atoms with Gasteiger partial charge in [-0.15, -0.1) is 0 Å². The normalized spacial score (nSPS) is 15.0. The summed E-state index contributed by atoms with van der Waals surface area (Å²) in [5.74, 6) is 1.76. The molecular weight excluding hydrogens is 724 g/mol. The predicted octanol–water partition coefficient (Wildman–Crippen LogP) is 5.51. The van der Waals surface area contributed by atoms with Gasteiger partial charge in [-0.25, -0.2) is 13.6 Å². The van der Waals surface area contributed by atoms with Crippen molar-refractivity contribution in [3.05, 3.63) is 118 Å². The smallest absolute Gasteiger partial charge is 0.341 e. The maximum Gasteiger partial charge on any atom is 0.341 e. The fourth-order valence-corrected chi connectivity index (χ4v) is 6.51. The van der Waals surface area contributed by atoms with Gasteiger partial charge < -0.3 is 19.9 Å². The second-order valence-electron chi connectivity index (χ2n) is 14.0. The number of hydroxylamine groups is 3. The lowest BCUT2D eigenvalue weighted by Crippen LogP contribution is -2.46. The number of piperazine rings is 1. The summed E-state index contributed by atoms with van der Waals surface area (Å²) in [5, 5.41) is 14.2. The number of pyridine rings is 1. The Bertz CT molecular complexity index is 2020. The van der Waals surface area contributed by atoms with Crippen molar-refractivity contribution in [1.29, 1.82) is 0 Å². The Morgan fingerprint density at radius 2 is 1.70 bits per heavy atom. The average Bonchev–Trinajstić information content (AvgIpc) is 3.19. The van der Waals surface area contributed by atoms with E-state index in [2.05, 4.69) is 16.2 Å². The van der Waals surface area contributed by atoms with E-state index in [4.69, 9.17) is 15.5 Å². The molecule has 0 unspecified atom stereocenters. The van der Waals surface area contributed by atoms with E-state index in [-0.39, 0.29) is 30.4 Å². The van der Waals surface area contributed by atoms with Crippen LogP contribution in [0, 0.1) is 17.7 Å². The monoisotopic (exact) mass is 775 g/mol. The number of nitrogens with one attached hydrogen (secondary N) is 3. The van der Waals surface area contributed by atoms with E-state index in [1.807, 2.05) is 68.1 Å². The van der Waals surface area contributed by atoms with Gasteiger partial charge in [0.2, 0.25) is 11.3 Å². The minimum absolute atomic E-state index is 0.0275. The van der Waals surface area contributed by atoms with Crippen molar-refractivity contribution in [2.75, 3.05) is 42.9 Å². The fraction of sp³-hybridized carbons (Fsp3) is 0.390. The first kappa shape index (κ1) is 42.1. The third-order valence-corrected chi connectivity index (χ3v) is 9.72. The van der Waals surface area contributed by atoms with Gasteiger partial charge >= 0.3 is 5.97 Å². The molecular formula is C41H51F2N7O6. The van der Waals surface area contributed by atoms with Crippen molar-refractivity contribution in [2.45, 2.75) is 59.4 Å². The number of aromatic nitrogens is 1. The number of hydrazine groups is 1. The zero-order valence-corrected chi connectivity index (χ0v) is 32.0. The molecule has 2 atom stereocenters. The molecule has 6 N–H and O–H groups in total. The van der Waals surface area contributed by atoms with Crippen molar-refractivity contribution < 1.29 is 33.2 Å². The number of aryl methyl sites for hydroxylation is 1. The number of nitrogens with two attached hydrogens (primary N) is 1. The molecule has 1 aliphatic rings. The van der Waals surface area contributed by atoms with Crippen LogP contribution in [0.4, 0.5) is 20.2 Å². The zero-order valence-electron chi connectivity index (χ0n) is 32.0. The lowest BCUT2D eigenvalue weighted by atomic mass is 9.96. The van der Waals surface area contributed by atoms with Gasteiger partial charge in [-0.2, -0.15) is 10.5 Å². The van der Waals surface area contributed by atoms with E-state index < -0.39 is 40.6 Å². The Kier molecular flexibility index (Phi) is 15.2. The number of aromatic carboxylic acids is 1. The van der Waals surface area contributed by atoms with Crippen LogP contribution in [-0.4, -0.2) is 65.4 Å². The number of rotatable bonds is 19. The van der Waals surface area contributed by atoms with Crippen molar-refractivity contribution in [2.24, 2.45) is 17.7 Å². The van der Waals surface area contributed by atoms with E-state index in [1.165, 1.54) is 12.3 Å². The number of carboxylic acid groups (broad SMARTS) is 1. The Balaban J connectivity index is 1.15. The van der Waals surface area contributed by atoms with E-state index >= 15 is 8.78 Å². The molecule has 0 bridgehead atoms. The van der Waals surface area contributed by atoms with Gasteiger partial charge in [-0.3, -0.25) is 30.5 Å².